The van der Waals surface area contributed by atoms with Gasteiger partial charge in [0.05, 0.1) is 5.39 Å². The molecule has 6 nitrogen and oxygen atoms in total. The number of rotatable bonds is 2. The Balaban J connectivity index is 2.00. The van der Waals surface area contributed by atoms with Gasteiger partial charge >= 0.3 is 0 Å². The van der Waals surface area contributed by atoms with Crippen LogP contribution in [-0.4, -0.2) is 19.4 Å². The number of hydrogen-bond acceptors (Lipinski definition) is 7. The summed E-state index contributed by atoms with van der Waals surface area (Å²) in [6.45, 7) is 0. The van der Waals surface area contributed by atoms with Crippen molar-refractivity contribution in [2.24, 2.45) is 10.2 Å². The molecule has 0 saturated carbocycles. The van der Waals surface area contributed by atoms with Crippen LogP contribution in [0.3, 0.4) is 0 Å². The summed E-state index contributed by atoms with van der Waals surface area (Å²) < 4.78 is 30.6. The number of aromatic hydroxyl groups is 1. The molecule has 0 spiro atoms. The predicted octanol–water partition coefficient (Wildman–Crippen LogP) is 3.49. The topological polar surface area (TPSA) is 83.6 Å². The number of halogens is 2. The summed E-state index contributed by atoms with van der Waals surface area (Å²) in [5.41, 5.74) is 0.134. The molecule has 0 radical (unpaired) electrons. The highest BCUT2D eigenvalue weighted by atomic mass is 32.1. The van der Waals surface area contributed by atoms with Gasteiger partial charge in [-0.05, 0) is 11.5 Å². The standard InChI is InChI=1S/C11H5F2N5OS/c12-6-2-9(19)7(13)1-8(6)16-17-11-5-3-14-4-15-10(5)18-20-11/h1-4,19H/b17-16+. The highest BCUT2D eigenvalue weighted by Gasteiger charge is 2.10. The number of aromatic nitrogens is 3. The lowest BCUT2D eigenvalue weighted by atomic mass is 10.3. The molecule has 0 aliphatic carbocycles. The van der Waals surface area contributed by atoms with Crippen LogP contribution < -0.4 is 0 Å². The van der Waals surface area contributed by atoms with Crippen LogP contribution in [0.1, 0.15) is 0 Å². The molecule has 2 aromatic heterocycles. The normalized spacial score (nSPS) is 11.5. The van der Waals surface area contributed by atoms with Gasteiger partial charge in [0.1, 0.15) is 12.0 Å². The molecule has 0 aliphatic heterocycles. The van der Waals surface area contributed by atoms with Gasteiger partial charge in [-0.2, -0.15) is 4.37 Å². The van der Waals surface area contributed by atoms with E-state index in [1.54, 1.807) is 0 Å². The lowest BCUT2D eigenvalue weighted by molar-refractivity contribution is 0.427. The van der Waals surface area contributed by atoms with Crippen molar-refractivity contribution in [2.45, 2.75) is 0 Å². The van der Waals surface area contributed by atoms with Crippen LogP contribution in [0.25, 0.3) is 11.0 Å². The molecule has 2 heterocycles. The van der Waals surface area contributed by atoms with Gasteiger partial charge in [0.2, 0.25) is 0 Å². The number of hydrogen-bond donors (Lipinski definition) is 1. The Morgan fingerprint density at radius 1 is 1.15 bits per heavy atom. The predicted molar refractivity (Wildman–Crippen MR) is 67.4 cm³/mol. The quantitative estimate of drug-likeness (QED) is 0.733. The van der Waals surface area contributed by atoms with E-state index in [4.69, 9.17) is 5.11 Å². The molecular weight excluding hydrogens is 288 g/mol. The molecule has 0 saturated heterocycles. The van der Waals surface area contributed by atoms with E-state index in [0.29, 0.717) is 22.1 Å². The van der Waals surface area contributed by atoms with E-state index in [0.717, 1.165) is 17.6 Å². The second-order valence-electron chi connectivity index (χ2n) is 3.70. The fourth-order valence-corrected chi connectivity index (χ4v) is 2.09. The number of nitrogens with zero attached hydrogens (tertiary/aromatic N) is 5. The third-order valence-electron chi connectivity index (χ3n) is 2.41. The van der Waals surface area contributed by atoms with Gasteiger partial charge in [-0.3, -0.25) is 0 Å². The Morgan fingerprint density at radius 2 is 2.00 bits per heavy atom. The molecular formula is C11H5F2N5OS. The molecule has 0 fully saturated rings. The average Bonchev–Trinajstić information content (AvgIpc) is 2.85. The number of benzene rings is 1. The summed E-state index contributed by atoms with van der Waals surface area (Å²) in [7, 11) is 0. The van der Waals surface area contributed by atoms with Crippen LogP contribution in [0.4, 0.5) is 19.5 Å². The Morgan fingerprint density at radius 3 is 2.85 bits per heavy atom. The molecule has 100 valence electrons. The van der Waals surface area contributed by atoms with Crippen molar-refractivity contribution in [2.75, 3.05) is 0 Å². The van der Waals surface area contributed by atoms with Crippen LogP contribution in [0, 0.1) is 11.6 Å². The van der Waals surface area contributed by atoms with Crippen LogP contribution in [0.2, 0.25) is 0 Å². The Kier molecular flexibility index (Phi) is 3.03. The van der Waals surface area contributed by atoms with Gasteiger partial charge in [0.25, 0.3) is 0 Å². The van der Waals surface area contributed by atoms with E-state index >= 15 is 0 Å². The maximum atomic E-state index is 13.5. The van der Waals surface area contributed by atoms with Gasteiger partial charge in [-0.1, -0.05) is 0 Å². The fourth-order valence-electron chi connectivity index (χ4n) is 1.46. The third-order valence-corrected chi connectivity index (χ3v) is 3.14. The zero-order valence-electron chi connectivity index (χ0n) is 9.66. The minimum absolute atomic E-state index is 0.321. The maximum absolute atomic E-state index is 13.5. The van der Waals surface area contributed by atoms with E-state index in [9.17, 15) is 8.78 Å². The highest BCUT2D eigenvalue weighted by Crippen LogP contribution is 2.32. The summed E-state index contributed by atoms with van der Waals surface area (Å²) in [5.74, 6) is -2.63. The van der Waals surface area contributed by atoms with Crippen molar-refractivity contribution in [3.05, 3.63) is 36.3 Å². The summed E-state index contributed by atoms with van der Waals surface area (Å²) in [6, 6.07) is 1.39. The van der Waals surface area contributed by atoms with E-state index < -0.39 is 17.4 Å². The minimum Gasteiger partial charge on any atom is -0.505 e. The van der Waals surface area contributed by atoms with E-state index in [1.807, 2.05) is 0 Å². The maximum Gasteiger partial charge on any atom is 0.178 e. The first kappa shape index (κ1) is 12.5. The molecule has 0 unspecified atom stereocenters. The van der Waals surface area contributed by atoms with Crippen LogP contribution in [0.5, 0.6) is 5.75 Å². The Labute approximate surface area is 114 Å². The molecule has 1 aromatic carbocycles. The number of fused-ring (bicyclic) bond motifs is 1. The second-order valence-corrected chi connectivity index (χ2v) is 4.45. The van der Waals surface area contributed by atoms with Gasteiger partial charge in [-0.15, -0.1) is 10.2 Å². The second kappa shape index (κ2) is 4.85. The van der Waals surface area contributed by atoms with Gasteiger partial charge in [0.15, 0.2) is 28.0 Å². The van der Waals surface area contributed by atoms with Gasteiger partial charge in [-0.25, -0.2) is 18.7 Å². The lowest BCUT2D eigenvalue weighted by Gasteiger charge is -1.98. The van der Waals surface area contributed by atoms with Crippen molar-refractivity contribution in [3.63, 3.8) is 0 Å². The molecule has 3 aromatic rings. The van der Waals surface area contributed by atoms with E-state index in [-0.39, 0.29) is 5.69 Å². The first-order valence-electron chi connectivity index (χ1n) is 5.30. The van der Waals surface area contributed by atoms with Crippen LogP contribution in [0.15, 0.2) is 34.9 Å². The zero-order chi connectivity index (χ0) is 14.1. The zero-order valence-corrected chi connectivity index (χ0v) is 10.5. The number of phenolic OH excluding ortho intramolecular Hbond substituents is 1. The highest BCUT2D eigenvalue weighted by molar-refractivity contribution is 7.11. The Bertz CT molecular complexity index is 820. The van der Waals surface area contributed by atoms with Gasteiger partial charge in [0, 0.05) is 18.3 Å². The fraction of sp³-hybridized carbons (Fsp3) is 0. The summed E-state index contributed by atoms with van der Waals surface area (Å²) in [6.07, 6.45) is 2.85. The minimum atomic E-state index is -0.974. The largest absolute Gasteiger partial charge is 0.505 e. The van der Waals surface area contributed by atoms with Crippen LogP contribution in [-0.2, 0) is 0 Å². The van der Waals surface area contributed by atoms with Crippen molar-refractivity contribution in [1.82, 2.24) is 14.3 Å². The molecule has 3 rings (SSSR count). The Hall–Kier alpha value is -2.55. The summed E-state index contributed by atoms with van der Waals surface area (Å²) >= 11 is 1.02. The lowest BCUT2D eigenvalue weighted by Crippen LogP contribution is -1.80. The van der Waals surface area contributed by atoms with Crippen molar-refractivity contribution >= 4 is 33.3 Å². The molecule has 0 atom stereocenters. The molecule has 20 heavy (non-hydrogen) atoms. The first-order chi connectivity index (χ1) is 9.65. The molecule has 0 aliphatic rings. The number of phenols is 1. The van der Waals surface area contributed by atoms with Crippen molar-refractivity contribution in [1.29, 1.82) is 0 Å². The van der Waals surface area contributed by atoms with Crippen molar-refractivity contribution in [3.8, 4) is 5.75 Å². The van der Waals surface area contributed by atoms with E-state index in [2.05, 4.69) is 24.6 Å². The van der Waals surface area contributed by atoms with Crippen molar-refractivity contribution < 1.29 is 13.9 Å². The summed E-state index contributed by atoms with van der Waals surface area (Å²) in [4.78, 5) is 7.75. The molecule has 9 heteroatoms. The van der Waals surface area contributed by atoms with Crippen LogP contribution >= 0.6 is 11.5 Å². The average molecular weight is 293 g/mol. The molecule has 0 amide bonds. The molecule has 1 N–H and O–H groups in total. The third kappa shape index (κ3) is 2.18. The first-order valence-corrected chi connectivity index (χ1v) is 6.07. The number of azo groups is 1. The van der Waals surface area contributed by atoms with E-state index in [1.165, 1.54) is 12.5 Å². The monoisotopic (exact) mass is 293 g/mol. The van der Waals surface area contributed by atoms with Gasteiger partial charge < -0.3 is 5.11 Å². The molecule has 0 bridgehead atoms. The summed E-state index contributed by atoms with van der Waals surface area (Å²) in [5, 5.41) is 17.4. The SMILES string of the molecule is Oc1cc(F)c(/N=N/c2snc3ncncc23)cc1F. The smallest absolute Gasteiger partial charge is 0.178 e.